The van der Waals surface area contributed by atoms with Crippen molar-refractivity contribution in [3.63, 3.8) is 0 Å². The largest absolute Gasteiger partial charge is 0.508 e. The van der Waals surface area contributed by atoms with E-state index in [0.29, 0.717) is 5.75 Å². The van der Waals surface area contributed by atoms with Gasteiger partial charge in [-0.3, -0.25) is 4.90 Å². The van der Waals surface area contributed by atoms with Gasteiger partial charge in [-0.05, 0) is 43.0 Å². The summed E-state index contributed by atoms with van der Waals surface area (Å²) in [6.45, 7) is 5.77. The highest BCUT2D eigenvalue weighted by Crippen LogP contribution is 2.22. The predicted octanol–water partition coefficient (Wildman–Crippen LogP) is 3.01. The Morgan fingerprint density at radius 1 is 1.31 bits per heavy atom. The number of hydrogen-bond acceptors (Lipinski definition) is 2. The van der Waals surface area contributed by atoms with Crippen molar-refractivity contribution in [2.45, 2.75) is 32.7 Å². The molecule has 1 aromatic rings. The highest BCUT2D eigenvalue weighted by atomic mass is 16.3. The van der Waals surface area contributed by atoms with E-state index in [4.69, 9.17) is 0 Å². The molecule has 88 valence electrons. The normalized spacial score (nSPS) is 21.4. The molecule has 2 heteroatoms. The van der Waals surface area contributed by atoms with Crippen LogP contribution in [0.2, 0.25) is 0 Å². The van der Waals surface area contributed by atoms with E-state index in [1.54, 1.807) is 12.1 Å². The molecule has 1 aliphatic heterocycles. The van der Waals surface area contributed by atoms with Crippen LogP contribution in [-0.4, -0.2) is 23.1 Å². The smallest absolute Gasteiger partial charge is 0.115 e. The highest BCUT2D eigenvalue weighted by Gasteiger charge is 2.21. The summed E-state index contributed by atoms with van der Waals surface area (Å²) < 4.78 is 0. The minimum atomic E-state index is 0.356. The number of hydrogen-bond donors (Lipinski definition) is 1. The molecule has 1 atom stereocenters. The van der Waals surface area contributed by atoms with Crippen LogP contribution in [0, 0.1) is 5.92 Å². The van der Waals surface area contributed by atoms with Gasteiger partial charge in [-0.15, -0.1) is 0 Å². The number of phenolic OH excluding ortho intramolecular Hbond substituents is 1. The fourth-order valence-electron chi connectivity index (χ4n) is 2.56. The van der Waals surface area contributed by atoms with Gasteiger partial charge in [0.2, 0.25) is 0 Å². The zero-order chi connectivity index (χ0) is 11.4. The van der Waals surface area contributed by atoms with Gasteiger partial charge in [0, 0.05) is 13.1 Å². The molecule has 0 spiro atoms. The first-order valence-electron chi connectivity index (χ1n) is 6.28. The fraction of sp³-hybridized carbons (Fsp3) is 0.571. The molecule has 0 amide bonds. The Morgan fingerprint density at radius 2 is 2.06 bits per heavy atom. The lowest BCUT2D eigenvalue weighted by Gasteiger charge is -2.15. The van der Waals surface area contributed by atoms with Crippen LogP contribution in [0.3, 0.4) is 0 Å². The number of benzene rings is 1. The minimum Gasteiger partial charge on any atom is -0.508 e. The van der Waals surface area contributed by atoms with Gasteiger partial charge < -0.3 is 5.11 Å². The second kappa shape index (κ2) is 5.35. The molecule has 0 saturated carbocycles. The van der Waals surface area contributed by atoms with Crippen LogP contribution < -0.4 is 0 Å². The van der Waals surface area contributed by atoms with Crippen molar-refractivity contribution >= 4 is 0 Å². The van der Waals surface area contributed by atoms with Crippen LogP contribution >= 0.6 is 0 Å². The third-order valence-corrected chi connectivity index (χ3v) is 3.41. The second-order valence-electron chi connectivity index (χ2n) is 4.84. The molecule has 0 bridgehead atoms. The lowest BCUT2D eigenvalue weighted by Crippen LogP contribution is -2.19. The molecule has 2 nitrogen and oxygen atoms in total. The molecule has 0 aromatic heterocycles. The van der Waals surface area contributed by atoms with Crippen molar-refractivity contribution in [1.82, 2.24) is 4.90 Å². The van der Waals surface area contributed by atoms with Crippen molar-refractivity contribution < 1.29 is 5.11 Å². The molecule has 16 heavy (non-hydrogen) atoms. The number of likely N-dealkylation sites (tertiary alicyclic amines) is 1. The zero-order valence-electron chi connectivity index (χ0n) is 10.0. The van der Waals surface area contributed by atoms with Gasteiger partial charge in [-0.1, -0.05) is 25.5 Å². The maximum Gasteiger partial charge on any atom is 0.115 e. The van der Waals surface area contributed by atoms with Crippen LogP contribution in [-0.2, 0) is 6.54 Å². The Labute approximate surface area is 97.9 Å². The van der Waals surface area contributed by atoms with Crippen LogP contribution in [0.1, 0.15) is 31.7 Å². The molecular weight excluding hydrogens is 198 g/mol. The average molecular weight is 219 g/mol. The third-order valence-electron chi connectivity index (χ3n) is 3.41. The van der Waals surface area contributed by atoms with Gasteiger partial charge >= 0.3 is 0 Å². The quantitative estimate of drug-likeness (QED) is 0.841. The predicted molar refractivity (Wildman–Crippen MR) is 66.4 cm³/mol. The van der Waals surface area contributed by atoms with E-state index in [2.05, 4.69) is 11.8 Å². The Balaban J connectivity index is 1.84. The first-order valence-corrected chi connectivity index (χ1v) is 6.28. The van der Waals surface area contributed by atoms with E-state index in [1.807, 2.05) is 12.1 Å². The molecule has 1 N–H and O–H groups in total. The summed E-state index contributed by atoms with van der Waals surface area (Å²) in [6.07, 6.45) is 4.02. The van der Waals surface area contributed by atoms with E-state index in [1.165, 1.54) is 37.9 Å². The van der Waals surface area contributed by atoms with E-state index in [-0.39, 0.29) is 0 Å². The zero-order valence-corrected chi connectivity index (χ0v) is 10.0. The van der Waals surface area contributed by atoms with Gasteiger partial charge in [0.1, 0.15) is 5.75 Å². The van der Waals surface area contributed by atoms with E-state index >= 15 is 0 Å². The lowest BCUT2D eigenvalue weighted by atomic mass is 10.0. The Morgan fingerprint density at radius 3 is 2.75 bits per heavy atom. The van der Waals surface area contributed by atoms with Crippen molar-refractivity contribution in [1.29, 1.82) is 0 Å². The van der Waals surface area contributed by atoms with Gasteiger partial charge in [-0.2, -0.15) is 0 Å². The molecule has 2 rings (SSSR count). The Hall–Kier alpha value is -1.02. The summed E-state index contributed by atoms with van der Waals surface area (Å²) in [5, 5.41) is 9.22. The van der Waals surface area contributed by atoms with Crippen molar-refractivity contribution in [2.75, 3.05) is 13.1 Å². The summed E-state index contributed by atoms with van der Waals surface area (Å²) in [4.78, 5) is 2.52. The first kappa shape index (κ1) is 11.5. The van der Waals surface area contributed by atoms with Gasteiger partial charge in [0.15, 0.2) is 0 Å². The first-order chi connectivity index (χ1) is 7.78. The number of nitrogens with zero attached hydrogens (tertiary/aromatic N) is 1. The Bertz CT molecular complexity index is 320. The minimum absolute atomic E-state index is 0.356. The van der Waals surface area contributed by atoms with E-state index < -0.39 is 0 Å². The van der Waals surface area contributed by atoms with Crippen LogP contribution in [0.15, 0.2) is 24.3 Å². The standard InChI is InChI=1S/C14H21NO/c1-2-3-12-8-9-15(10-12)11-13-4-6-14(16)7-5-13/h4-7,12,16H,2-3,8-11H2,1H3. The summed E-state index contributed by atoms with van der Waals surface area (Å²) >= 11 is 0. The molecule has 1 unspecified atom stereocenters. The van der Waals surface area contributed by atoms with Gasteiger partial charge in [0.05, 0.1) is 0 Å². The average Bonchev–Trinajstić information content (AvgIpc) is 2.70. The summed E-state index contributed by atoms with van der Waals surface area (Å²) in [5.74, 6) is 1.26. The van der Waals surface area contributed by atoms with Crippen molar-refractivity contribution in [2.24, 2.45) is 5.92 Å². The van der Waals surface area contributed by atoms with E-state index in [9.17, 15) is 5.11 Å². The number of aromatic hydroxyl groups is 1. The lowest BCUT2D eigenvalue weighted by molar-refractivity contribution is 0.313. The fourth-order valence-corrected chi connectivity index (χ4v) is 2.56. The number of phenols is 1. The van der Waals surface area contributed by atoms with E-state index in [0.717, 1.165) is 12.5 Å². The van der Waals surface area contributed by atoms with Crippen LogP contribution in [0.25, 0.3) is 0 Å². The topological polar surface area (TPSA) is 23.5 Å². The molecule has 0 radical (unpaired) electrons. The van der Waals surface area contributed by atoms with Crippen molar-refractivity contribution in [3.8, 4) is 5.75 Å². The van der Waals surface area contributed by atoms with Crippen molar-refractivity contribution in [3.05, 3.63) is 29.8 Å². The molecule has 1 aliphatic rings. The molecule has 1 saturated heterocycles. The van der Waals surface area contributed by atoms with Gasteiger partial charge in [-0.25, -0.2) is 0 Å². The summed E-state index contributed by atoms with van der Waals surface area (Å²) in [7, 11) is 0. The second-order valence-corrected chi connectivity index (χ2v) is 4.84. The SMILES string of the molecule is CCCC1CCN(Cc2ccc(O)cc2)C1. The highest BCUT2D eigenvalue weighted by molar-refractivity contribution is 5.25. The summed E-state index contributed by atoms with van der Waals surface area (Å²) in [6, 6.07) is 7.58. The summed E-state index contributed by atoms with van der Waals surface area (Å²) in [5.41, 5.74) is 1.30. The van der Waals surface area contributed by atoms with Gasteiger partial charge in [0.25, 0.3) is 0 Å². The molecular formula is C14H21NO. The molecule has 0 aliphatic carbocycles. The molecule has 1 aromatic carbocycles. The monoisotopic (exact) mass is 219 g/mol. The molecule has 1 fully saturated rings. The van der Waals surface area contributed by atoms with Crippen LogP contribution in [0.5, 0.6) is 5.75 Å². The maximum atomic E-state index is 9.22. The maximum absolute atomic E-state index is 9.22. The molecule has 1 heterocycles. The Kier molecular flexibility index (Phi) is 3.83. The third kappa shape index (κ3) is 2.99. The number of rotatable bonds is 4. The van der Waals surface area contributed by atoms with Crippen LogP contribution in [0.4, 0.5) is 0 Å².